The molecule has 1 aromatic carbocycles. The number of amides is 2. The fraction of sp³-hybridized carbons (Fsp3) is 0.231. The van der Waals surface area contributed by atoms with E-state index < -0.39 is 0 Å². The molecule has 0 radical (unpaired) electrons. The fourth-order valence-electron chi connectivity index (χ4n) is 1.34. The highest BCUT2D eigenvalue weighted by Crippen LogP contribution is 2.15. The highest BCUT2D eigenvalue weighted by Gasteiger charge is 2.05. The van der Waals surface area contributed by atoms with Crippen molar-refractivity contribution in [2.45, 2.75) is 6.42 Å². The van der Waals surface area contributed by atoms with Crippen molar-refractivity contribution in [3.05, 3.63) is 47.0 Å². The zero-order valence-electron chi connectivity index (χ0n) is 9.91. The molecule has 1 rings (SSSR count). The van der Waals surface area contributed by atoms with Crippen LogP contribution in [0.3, 0.4) is 0 Å². The third kappa shape index (κ3) is 5.14. The Kier molecular flexibility index (Phi) is 6.14. The Morgan fingerprint density at radius 2 is 1.89 bits per heavy atom. The van der Waals surface area contributed by atoms with Gasteiger partial charge < -0.3 is 10.6 Å². The lowest BCUT2D eigenvalue weighted by atomic mass is 10.1. The van der Waals surface area contributed by atoms with Gasteiger partial charge in [-0.3, -0.25) is 9.59 Å². The van der Waals surface area contributed by atoms with Crippen LogP contribution in [0.4, 0.5) is 0 Å². The van der Waals surface area contributed by atoms with Crippen molar-refractivity contribution in [3.8, 4) is 0 Å². The molecular formula is C13H15BrN2O2. The van der Waals surface area contributed by atoms with Crippen molar-refractivity contribution in [2.75, 3.05) is 13.1 Å². The first kappa shape index (κ1) is 14.4. The molecule has 0 fully saturated rings. The Bertz CT molecular complexity index is 446. The number of hydrogen-bond donors (Lipinski definition) is 2. The van der Waals surface area contributed by atoms with E-state index in [0.717, 1.165) is 10.0 Å². The van der Waals surface area contributed by atoms with Gasteiger partial charge in [0.2, 0.25) is 11.8 Å². The number of benzene rings is 1. The van der Waals surface area contributed by atoms with E-state index >= 15 is 0 Å². The maximum Gasteiger partial charge on any atom is 0.243 e. The van der Waals surface area contributed by atoms with Gasteiger partial charge in [0.1, 0.15) is 0 Å². The molecule has 0 heterocycles. The van der Waals surface area contributed by atoms with Crippen LogP contribution in [0.5, 0.6) is 0 Å². The highest BCUT2D eigenvalue weighted by molar-refractivity contribution is 9.10. The van der Waals surface area contributed by atoms with Crippen LogP contribution < -0.4 is 10.6 Å². The third-order valence-electron chi connectivity index (χ3n) is 2.24. The summed E-state index contributed by atoms with van der Waals surface area (Å²) in [6, 6.07) is 7.57. The SMILES string of the molecule is C=CC(=O)NCCNC(=O)Cc1ccccc1Br. The highest BCUT2D eigenvalue weighted by atomic mass is 79.9. The number of carbonyl (C=O) groups is 2. The molecule has 0 saturated heterocycles. The Morgan fingerprint density at radius 3 is 2.56 bits per heavy atom. The van der Waals surface area contributed by atoms with E-state index in [4.69, 9.17) is 0 Å². The quantitative estimate of drug-likeness (QED) is 0.616. The van der Waals surface area contributed by atoms with Crippen LogP contribution in [0.25, 0.3) is 0 Å². The summed E-state index contributed by atoms with van der Waals surface area (Å²) in [6.07, 6.45) is 1.51. The summed E-state index contributed by atoms with van der Waals surface area (Å²) < 4.78 is 0.917. The maximum atomic E-state index is 11.6. The van der Waals surface area contributed by atoms with Crippen LogP contribution in [0.2, 0.25) is 0 Å². The third-order valence-corrected chi connectivity index (χ3v) is 3.01. The van der Waals surface area contributed by atoms with Gasteiger partial charge >= 0.3 is 0 Å². The lowest BCUT2D eigenvalue weighted by Gasteiger charge is -2.07. The van der Waals surface area contributed by atoms with Crippen LogP contribution in [0.15, 0.2) is 41.4 Å². The summed E-state index contributed by atoms with van der Waals surface area (Å²) in [5.41, 5.74) is 0.935. The summed E-state index contributed by atoms with van der Waals surface area (Å²) in [4.78, 5) is 22.5. The monoisotopic (exact) mass is 310 g/mol. The molecule has 18 heavy (non-hydrogen) atoms. The minimum atomic E-state index is -0.241. The molecule has 0 saturated carbocycles. The molecule has 0 aromatic heterocycles. The molecular weight excluding hydrogens is 296 g/mol. The van der Waals surface area contributed by atoms with Gasteiger partial charge in [-0.25, -0.2) is 0 Å². The number of rotatable bonds is 6. The zero-order valence-corrected chi connectivity index (χ0v) is 11.5. The first-order valence-electron chi connectivity index (χ1n) is 5.54. The van der Waals surface area contributed by atoms with Crippen molar-refractivity contribution in [3.63, 3.8) is 0 Å². The number of nitrogens with one attached hydrogen (secondary N) is 2. The summed E-state index contributed by atoms with van der Waals surface area (Å²) in [6.45, 7) is 4.14. The van der Waals surface area contributed by atoms with Crippen molar-refractivity contribution in [2.24, 2.45) is 0 Å². The van der Waals surface area contributed by atoms with Gasteiger partial charge in [-0.1, -0.05) is 40.7 Å². The fourth-order valence-corrected chi connectivity index (χ4v) is 1.76. The van der Waals surface area contributed by atoms with Crippen LogP contribution in [0, 0.1) is 0 Å². The van der Waals surface area contributed by atoms with Crippen molar-refractivity contribution in [1.82, 2.24) is 10.6 Å². The molecule has 0 unspecified atom stereocenters. The molecule has 0 bridgehead atoms. The minimum Gasteiger partial charge on any atom is -0.354 e. The smallest absolute Gasteiger partial charge is 0.243 e. The Balaban J connectivity index is 2.28. The van der Waals surface area contributed by atoms with E-state index in [1.165, 1.54) is 6.08 Å². The second-order valence-electron chi connectivity index (χ2n) is 3.61. The topological polar surface area (TPSA) is 58.2 Å². The van der Waals surface area contributed by atoms with Crippen LogP contribution in [0.1, 0.15) is 5.56 Å². The molecule has 5 heteroatoms. The standard InChI is InChI=1S/C13H15BrN2O2/c1-2-12(17)15-7-8-16-13(18)9-10-5-3-4-6-11(10)14/h2-6H,1,7-9H2,(H,15,17)(H,16,18). The maximum absolute atomic E-state index is 11.6. The van der Waals surface area contributed by atoms with Crippen molar-refractivity contribution >= 4 is 27.7 Å². The summed E-state index contributed by atoms with van der Waals surface area (Å²) in [7, 11) is 0. The molecule has 0 aliphatic heterocycles. The van der Waals surface area contributed by atoms with E-state index in [-0.39, 0.29) is 11.8 Å². The Labute approximate surface area is 115 Å². The largest absolute Gasteiger partial charge is 0.354 e. The molecule has 0 spiro atoms. The number of carbonyl (C=O) groups excluding carboxylic acids is 2. The van der Waals surface area contributed by atoms with Crippen LogP contribution in [-0.4, -0.2) is 24.9 Å². The van der Waals surface area contributed by atoms with Gasteiger partial charge in [-0.05, 0) is 17.7 Å². The van der Waals surface area contributed by atoms with Crippen molar-refractivity contribution in [1.29, 1.82) is 0 Å². The predicted molar refractivity (Wildman–Crippen MR) is 74.1 cm³/mol. The van der Waals surface area contributed by atoms with Crippen molar-refractivity contribution < 1.29 is 9.59 Å². The molecule has 2 amide bonds. The minimum absolute atomic E-state index is 0.0743. The van der Waals surface area contributed by atoms with Crippen LogP contribution in [-0.2, 0) is 16.0 Å². The van der Waals surface area contributed by atoms with E-state index in [1.54, 1.807) is 0 Å². The second-order valence-corrected chi connectivity index (χ2v) is 4.47. The van der Waals surface area contributed by atoms with Crippen LogP contribution >= 0.6 is 15.9 Å². The summed E-state index contributed by atoms with van der Waals surface area (Å²) in [5.74, 6) is -0.315. The van der Waals surface area contributed by atoms with Gasteiger partial charge in [0.25, 0.3) is 0 Å². The molecule has 0 atom stereocenters. The normalized spacial score (nSPS) is 9.61. The van der Waals surface area contributed by atoms with Gasteiger partial charge in [0.15, 0.2) is 0 Å². The molecule has 4 nitrogen and oxygen atoms in total. The summed E-state index contributed by atoms with van der Waals surface area (Å²) >= 11 is 3.39. The molecule has 96 valence electrons. The van der Waals surface area contributed by atoms with Gasteiger partial charge in [0, 0.05) is 17.6 Å². The number of hydrogen-bond acceptors (Lipinski definition) is 2. The van der Waals surface area contributed by atoms with E-state index in [0.29, 0.717) is 19.5 Å². The first-order valence-corrected chi connectivity index (χ1v) is 6.33. The predicted octanol–water partition coefficient (Wildman–Crippen LogP) is 1.41. The van der Waals surface area contributed by atoms with E-state index in [1.807, 2.05) is 24.3 Å². The second kappa shape index (κ2) is 7.66. The van der Waals surface area contributed by atoms with E-state index in [2.05, 4.69) is 33.1 Å². The van der Waals surface area contributed by atoms with Gasteiger partial charge in [0.05, 0.1) is 6.42 Å². The molecule has 2 N–H and O–H groups in total. The first-order chi connectivity index (χ1) is 8.63. The van der Waals surface area contributed by atoms with Gasteiger partial charge in [-0.15, -0.1) is 0 Å². The summed E-state index contributed by atoms with van der Waals surface area (Å²) in [5, 5.41) is 5.31. The van der Waals surface area contributed by atoms with Gasteiger partial charge in [-0.2, -0.15) is 0 Å². The average molecular weight is 311 g/mol. The Morgan fingerprint density at radius 1 is 1.22 bits per heavy atom. The molecule has 0 aliphatic rings. The molecule has 0 aliphatic carbocycles. The zero-order chi connectivity index (χ0) is 13.4. The Hall–Kier alpha value is -1.62. The average Bonchev–Trinajstić information content (AvgIpc) is 2.37. The molecule has 1 aromatic rings. The number of halogens is 1. The lowest BCUT2D eigenvalue weighted by Crippen LogP contribution is -2.34. The lowest BCUT2D eigenvalue weighted by molar-refractivity contribution is -0.121. The van der Waals surface area contributed by atoms with E-state index in [9.17, 15) is 9.59 Å².